The van der Waals surface area contributed by atoms with Gasteiger partial charge in [-0.15, -0.1) is 0 Å². The SMILES string of the molecule is CC[C@](N)(CSC(CN=C(N)I)C(C)I)C(=O)O. The maximum atomic E-state index is 11.1. The molecule has 106 valence electrons. The number of rotatable bonds is 8. The van der Waals surface area contributed by atoms with Crippen molar-refractivity contribution in [2.24, 2.45) is 16.5 Å². The van der Waals surface area contributed by atoms with Crippen molar-refractivity contribution >= 4 is 66.8 Å². The summed E-state index contributed by atoms with van der Waals surface area (Å²) >= 11 is 5.82. The lowest BCUT2D eigenvalue weighted by atomic mass is 10.0. The number of alkyl halides is 1. The summed E-state index contributed by atoms with van der Waals surface area (Å²) in [4.78, 5) is 15.3. The Morgan fingerprint density at radius 1 is 1.61 bits per heavy atom. The minimum atomic E-state index is -1.16. The van der Waals surface area contributed by atoms with Gasteiger partial charge in [-0.25, -0.2) is 0 Å². The van der Waals surface area contributed by atoms with Crippen molar-refractivity contribution in [3.8, 4) is 0 Å². The van der Waals surface area contributed by atoms with Gasteiger partial charge in [0.25, 0.3) is 0 Å². The fourth-order valence-electron chi connectivity index (χ4n) is 1.08. The van der Waals surface area contributed by atoms with Crippen LogP contribution in [0.4, 0.5) is 0 Å². The molecular weight excluding hydrogens is 480 g/mol. The van der Waals surface area contributed by atoms with Crippen molar-refractivity contribution in [3.63, 3.8) is 0 Å². The molecule has 0 radical (unpaired) electrons. The van der Waals surface area contributed by atoms with E-state index in [-0.39, 0.29) is 5.25 Å². The average Bonchev–Trinajstić information content (AvgIpc) is 2.27. The van der Waals surface area contributed by atoms with Crippen LogP contribution < -0.4 is 11.5 Å². The maximum Gasteiger partial charge on any atom is 0.324 e. The molecule has 0 heterocycles. The van der Waals surface area contributed by atoms with E-state index in [0.29, 0.717) is 26.5 Å². The summed E-state index contributed by atoms with van der Waals surface area (Å²) in [5, 5.41) is 9.33. The van der Waals surface area contributed by atoms with Gasteiger partial charge in [0, 0.05) is 14.9 Å². The van der Waals surface area contributed by atoms with Gasteiger partial charge in [0.1, 0.15) is 5.54 Å². The monoisotopic (exact) mass is 499 g/mol. The Labute approximate surface area is 139 Å². The fraction of sp³-hybridized carbons (Fsp3) is 0.800. The summed E-state index contributed by atoms with van der Waals surface area (Å²) in [6, 6.07) is 0. The molecular formula is C10H19I2N3O2S. The highest BCUT2D eigenvalue weighted by molar-refractivity contribution is 14.1. The Morgan fingerprint density at radius 2 is 2.17 bits per heavy atom. The van der Waals surface area contributed by atoms with Crippen LogP contribution in [-0.4, -0.2) is 41.9 Å². The molecule has 0 aromatic heterocycles. The van der Waals surface area contributed by atoms with Crippen molar-refractivity contribution in [2.75, 3.05) is 12.3 Å². The molecule has 3 atom stereocenters. The predicted molar refractivity (Wildman–Crippen MR) is 95.1 cm³/mol. The lowest BCUT2D eigenvalue weighted by Crippen LogP contribution is -2.50. The Bertz CT molecular complexity index is 311. The molecule has 5 N–H and O–H groups in total. The van der Waals surface area contributed by atoms with Crippen molar-refractivity contribution in [1.82, 2.24) is 0 Å². The maximum absolute atomic E-state index is 11.1. The van der Waals surface area contributed by atoms with E-state index < -0.39 is 11.5 Å². The summed E-state index contributed by atoms with van der Waals surface area (Å²) < 4.78 is 0.880. The Hall–Kier alpha value is 0.710. The molecule has 0 fully saturated rings. The van der Waals surface area contributed by atoms with Crippen LogP contribution in [0.2, 0.25) is 0 Å². The van der Waals surface area contributed by atoms with Gasteiger partial charge >= 0.3 is 5.97 Å². The number of hydrogen-bond donors (Lipinski definition) is 3. The number of nitrogens with two attached hydrogens (primary N) is 2. The lowest BCUT2D eigenvalue weighted by Gasteiger charge is -2.26. The molecule has 0 bridgehead atoms. The van der Waals surface area contributed by atoms with E-state index >= 15 is 0 Å². The zero-order valence-electron chi connectivity index (χ0n) is 10.4. The summed E-state index contributed by atoms with van der Waals surface area (Å²) in [6.45, 7) is 4.45. The van der Waals surface area contributed by atoms with Gasteiger partial charge in [-0.05, 0) is 29.0 Å². The molecule has 0 aromatic carbocycles. The summed E-state index contributed by atoms with van der Waals surface area (Å²) in [5.41, 5.74) is 10.2. The molecule has 0 aliphatic carbocycles. The Balaban J connectivity index is 4.52. The minimum Gasteiger partial charge on any atom is -0.480 e. The highest BCUT2D eigenvalue weighted by Crippen LogP contribution is 2.25. The predicted octanol–water partition coefficient (Wildman–Crippen LogP) is 1.85. The third-order valence-corrected chi connectivity index (χ3v) is 5.91. The molecule has 0 aliphatic heterocycles. The number of nitrogens with zero attached hydrogens (tertiary/aromatic N) is 1. The van der Waals surface area contributed by atoms with Crippen molar-refractivity contribution in [1.29, 1.82) is 0 Å². The highest BCUT2D eigenvalue weighted by atomic mass is 127. The molecule has 18 heavy (non-hydrogen) atoms. The standard InChI is InChI=1S/C10H19I2N3O2S/c1-3-10(14,8(16)17)5-18-7(6(2)11)4-15-9(12)13/h6-7H,3-5,14H2,1-2H3,(H2,13,15)(H,16,17)/t6?,7?,10-/m0/s1. The fourth-order valence-corrected chi connectivity index (χ4v) is 3.41. The number of amidine groups is 1. The van der Waals surface area contributed by atoms with E-state index in [9.17, 15) is 4.79 Å². The number of carboxylic acids is 1. The first-order chi connectivity index (χ1) is 8.23. The molecule has 0 aliphatic rings. The third-order valence-electron chi connectivity index (χ3n) is 2.55. The minimum absolute atomic E-state index is 0.216. The summed E-state index contributed by atoms with van der Waals surface area (Å²) in [6.07, 6.45) is 0.412. The van der Waals surface area contributed by atoms with Crippen LogP contribution in [0.5, 0.6) is 0 Å². The topological polar surface area (TPSA) is 102 Å². The number of carbonyl (C=O) groups is 1. The van der Waals surface area contributed by atoms with E-state index in [1.54, 1.807) is 18.7 Å². The van der Waals surface area contributed by atoms with E-state index in [4.69, 9.17) is 16.6 Å². The average molecular weight is 499 g/mol. The van der Waals surface area contributed by atoms with Gasteiger partial charge < -0.3 is 16.6 Å². The first-order valence-corrected chi connectivity index (χ1v) is 8.83. The van der Waals surface area contributed by atoms with Crippen LogP contribution in [0.1, 0.15) is 20.3 Å². The van der Waals surface area contributed by atoms with Gasteiger partial charge in [0.2, 0.25) is 0 Å². The number of hydrogen-bond acceptors (Lipinski definition) is 4. The molecule has 0 saturated carbocycles. The number of aliphatic carboxylic acids is 1. The summed E-state index contributed by atoms with van der Waals surface area (Å²) in [7, 11) is 0. The second kappa shape index (κ2) is 8.80. The molecule has 2 unspecified atom stereocenters. The number of halogens is 2. The quantitative estimate of drug-likeness (QED) is 0.156. The number of thioether (sulfide) groups is 1. The smallest absolute Gasteiger partial charge is 0.324 e. The number of aliphatic imine (C=N–C) groups is 1. The number of carboxylic acid groups (broad SMARTS) is 1. The van der Waals surface area contributed by atoms with E-state index in [1.807, 2.05) is 22.6 Å². The first-order valence-electron chi connectivity index (χ1n) is 5.46. The molecule has 0 amide bonds. The van der Waals surface area contributed by atoms with Gasteiger partial charge in [0.05, 0.1) is 6.54 Å². The second-order valence-electron chi connectivity index (χ2n) is 4.01. The van der Waals surface area contributed by atoms with Crippen molar-refractivity contribution in [2.45, 2.75) is 35.0 Å². The van der Waals surface area contributed by atoms with Crippen LogP contribution in [0, 0.1) is 0 Å². The Morgan fingerprint density at radius 3 is 2.50 bits per heavy atom. The van der Waals surface area contributed by atoms with Crippen LogP contribution >= 0.6 is 56.9 Å². The molecule has 0 saturated heterocycles. The zero-order valence-corrected chi connectivity index (χ0v) is 15.5. The van der Waals surface area contributed by atoms with Crippen LogP contribution in [0.25, 0.3) is 0 Å². The van der Waals surface area contributed by atoms with E-state index in [0.717, 1.165) is 0 Å². The normalized spacial score (nSPS) is 19.1. The van der Waals surface area contributed by atoms with Crippen molar-refractivity contribution in [3.05, 3.63) is 0 Å². The second-order valence-corrected chi connectivity index (χ2v) is 8.30. The van der Waals surface area contributed by atoms with E-state index in [1.165, 1.54) is 0 Å². The van der Waals surface area contributed by atoms with Crippen LogP contribution in [0.15, 0.2) is 4.99 Å². The van der Waals surface area contributed by atoms with Gasteiger partial charge in [0.15, 0.2) is 3.84 Å². The molecule has 8 heteroatoms. The summed E-state index contributed by atoms with van der Waals surface area (Å²) in [5.74, 6) is -0.567. The van der Waals surface area contributed by atoms with Gasteiger partial charge in [-0.3, -0.25) is 9.79 Å². The van der Waals surface area contributed by atoms with Gasteiger partial charge in [-0.1, -0.05) is 36.4 Å². The van der Waals surface area contributed by atoms with Crippen LogP contribution in [0.3, 0.4) is 0 Å². The molecule has 5 nitrogen and oxygen atoms in total. The van der Waals surface area contributed by atoms with Crippen LogP contribution in [-0.2, 0) is 4.79 Å². The molecule has 0 spiro atoms. The molecule has 0 rings (SSSR count). The van der Waals surface area contributed by atoms with E-state index in [2.05, 4.69) is 34.5 Å². The zero-order chi connectivity index (χ0) is 14.3. The lowest BCUT2D eigenvalue weighted by molar-refractivity contribution is -0.142. The first kappa shape index (κ1) is 18.7. The Kier molecular flexibility index (Phi) is 9.14. The van der Waals surface area contributed by atoms with Gasteiger partial charge in [-0.2, -0.15) is 11.8 Å². The molecule has 0 aromatic rings. The largest absolute Gasteiger partial charge is 0.480 e. The highest BCUT2D eigenvalue weighted by Gasteiger charge is 2.33. The van der Waals surface area contributed by atoms with Crippen molar-refractivity contribution < 1.29 is 9.90 Å². The third kappa shape index (κ3) is 6.75.